The quantitative estimate of drug-likeness (QED) is 0.732. The molecule has 17 heavy (non-hydrogen) atoms. The van der Waals surface area contributed by atoms with Gasteiger partial charge in [0.25, 0.3) is 0 Å². The van der Waals surface area contributed by atoms with Gasteiger partial charge in [0.2, 0.25) is 0 Å². The van der Waals surface area contributed by atoms with Crippen molar-refractivity contribution in [1.29, 1.82) is 0 Å². The highest BCUT2D eigenvalue weighted by atomic mass is 32.2. The van der Waals surface area contributed by atoms with Crippen molar-refractivity contribution in [3.05, 3.63) is 29.8 Å². The topological polar surface area (TPSA) is 32.3 Å². The standard InChI is InChI=1S/C14H23NOS/c1-4-15-12(3)13-5-7-14(8-6-13)17-10-9-11(2)16/h5-8,11-12,15-16H,4,9-10H2,1-3H3. The highest BCUT2D eigenvalue weighted by molar-refractivity contribution is 7.99. The highest BCUT2D eigenvalue weighted by Crippen LogP contribution is 2.22. The molecule has 0 saturated heterocycles. The molecule has 0 aliphatic heterocycles. The second-order valence-corrected chi connectivity index (χ2v) is 5.50. The first-order chi connectivity index (χ1) is 8.13. The lowest BCUT2D eigenvalue weighted by Crippen LogP contribution is -2.17. The second-order valence-electron chi connectivity index (χ2n) is 4.33. The van der Waals surface area contributed by atoms with Crippen molar-refractivity contribution in [3.63, 3.8) is 0 Å². The molecule has 96 valence electrons. The van der Waals surface area contributed by atoms with E-state index in [2.05, 4.69) is 43.4 Å². The molecule has 2 N–H and O–H groups in total. The Hall–Kier alpha value is -0.510. The molecule has 2 atom stereocenters. The third-order valence-electron chi connectivity index (χ3n) is 2.69. The van der Waals surface area contributed by atoms with Crippen LogP contribution < -0.4 is 5.32 Å². The van der Waals surface area contributed by atoms with E-state index in [1.165, 1.54) is 10.5 Å². The Morgan fingerprint density at radius 1 is 1.24 bits per heavy atom. The van der Waals surface area contributed by atoms with Crippen molar-refractivity contribution < 1.29 is 5.11 Å². The molecule has 2 unspecified atom stereocenters. The maximum absolute atomic E-state index is 9.18. The minimum Gasteiger partial charge on any atom is -0.393 e. The molecule has 0 aliphatic rings. The molecular formula is C14H23NOS. The Morgan fingerprint density at radius 2 is 1.88 bits per heavy atom. The third kappa shape index (κ3) is 5.57. The lowest BCUT2D eigenvalue weighted by molar-refractivity contribution is 0.192. The van der Waals surface area contributed by atoms with Gasteiger partial charge in [-0.15, -0.1) is 11.8 Å². The van der Waals surface area contributed by atoms with Gasteiger partial charge in [0.05, 0.1) is 6.10 Å². The molecule has 0 amide bonds. The number of hydrogen-bond donors (Lipinski definition) is 2. The summed E-state index contributed by atoms with van der Waals surface area (Å²) in [7, 11) is 0. The molecule has 1 aromatic rings. The molecule has 2 nitrogen and oxygen atoms in total. The van der Waals surface area contributed by atoms with Crippen molar-refractivity contribution in [2.75, 3.05) is 12.3 Å². The molecule has 1 aromatic carbocycles. The van der Waals surface area contributed by atoms with Gasteiger partial charge in [-0.3, -0.25) is 0 Å². The van der Waals surface area contributed by atoms with Gasteiger partial charge in [-0.25, -0.2) is 0 Å². The molecule has 0 spiro atoms. The fraction of sp³-hybridized carbons (Fsp3) is 0.571. The van der Waals surface area contributed by atoms with Crippen LogP contribution in [-0.2, 0) is 0 Å². The summed E-state index contributed by atoms with van der Waals surface area (Å²) in [5, 5.41) is 12.6. The van der Waals surface area contributed by atoms with Crippen LogP contribution in [0.1, 0.15) is 38.8 Å². The summed E-state index contributed by atoms with van der Waals surface area (Å²) in [6.45, 7) is 7.13. The van der Waals surface area contributed by atoms with E-state index in [-0.39, 0.29) is 6.10 Å². The molecule has 0 radical (unpaired) electrons. The molecule has 0 saturated carbocycles. The summed E-state index contributed by atoms with van der Waals surface area (Å²) >= 11 is 1.80. The first kappa shape index (κ1) is 14.6. The summed E-state index contributed by atoms with van der Waals surface area (Å²) in [5.74, 6) is 0.972. The summed E-state index contributed by atoms with van der Waals surface area (Å²) < 4.78 is 0. The summed E-state index contributed by atoms with van der Waals surface area (Å²) in [5.41, 5.74) is 1.33. The van der Waals surface area contributed by atoms with Crippen molar-refractivity contribution in [3.8, 4) is 0 Å². The number of nitrogens with one attached hydrogen (secondary N) is 1. The van der Waals surface area contributed by atoms with Crippen molar-refractivity contribution in [1.82, 2.24) is 5.32 Å². The van der Waals surface area contributed by atoms with Crippen LogP contribution >= 0.6 is 11.8 Å². The van der Waals surface area contributed by atoms with Gasteiger partial charge in [0, 0.05) is 16.7 Å². The van der Waals surface area contributed by atoms with Crippen LogP contribution in [0.25, 0.3) is 0 Å². The number of thioether (sulfide) groups is 1. The summed E-state index contributed by atoms with van der Waals surface area (Å²) in [6.07, 6.45) is 0.649. The summed E-state index contributed by atoms with van der Waals surface area (Å²) in [4.78, 5) is 1.28. The zero-order valence-electron chi connectivity index (χ0n) is 10.9. The molecule has 0 bridgehead atoms. The minimum atomic E-state index is -0.199. The Labute approximate surface area is 109 Å². The van der Waals surface area contributed by atoms with E-state index in [0.29, 0.717) is 6.04 Å². The lowest BCUT2D eigenvalue weighted by atomic mass is 10.1. The second kappa shape index (κ2) is 7.75. The van der Waals surface area contributed by atoms with Crippen LogP contribution in [0.4, 0.5) is 0 Å². The average Bonchev–Trinajstić information content (AvgIpc) is 2.30. The van der Waals surface area contributed by atoms with E-state index in [1.54, 1.807) is 11.8 Å². The van der Waals surface area contributed by atoms with Gasteiger partial charge in [-0.2, -0.15) is 0 Å². The lowest BCUT2D eigenvalue weighted by Gasteiger charge is -2.13. The van der Waals surface area contributed by atoms with Gasteiger partial charge < -0.3 is 10.4 Å². The molecule has 0 heterocycles. The summed E-state index contributed by atoms with van der Waals surface area (Å²) in [6, 6.07) is 9.10. The number of benzene rings is 1. The number of aliphatic hydroxyl groups is 1. The SMILES string of the molecule is CCNC(C)c1ccc(SCCC(C)O)cc1. The Kier molecular flexibility index (Phi) is 6.63. The molecular weight excluding hydrogens is 230 g/mol. The van der Waals surface area contributed by atoms with E-state index in [0.717, 1.165) is 18.7 Å². The predicted molar refractivity (Wildman–Crippen MR) is 75.6 cm³/mol. The zero-order chi connectivity index (χ0) is 12.7. The van der Waals surface area contributed by atoms with Gasteiger partial charge in [-0.05, 0) is 44.5 Å². The first-order valence-corrected chi connectivity index (χ1v) is 7.26. The average molecular weight is 253 g/mol. The smallest absolute Gasteiger partial charge is 0.0520 e. The van der Waals surface area contributed by atoms with Crippen LogP contribution in [-0.4, -0.2) is 23.5 Å². The molecule has 1 rings (SSSR count). The normalized spacial score (nSPS) is 14.6. The fourth-order valence-corrected chi connectivity index (χ4v) is 2.65. The number of aliphatic hydroxyl groups excluding tert-OH is 1. The fourth-order valence-electron chi connectivity index (χ4n) is 1.62. The van der Waals surface area contributed by atoms with Crippen LogP contribution in [0.3, 0.4) is 0 Å². The van der Waals surface area contributed by atoms with Gasteiger partial charge in [0.15, 0.2) is 0 Å². The third-order valence-corrected chi connectivity index (χ3v) is 3.74. The largest absolute Gasteiger partial charge is 0.393 e. The highest BCUT2D eigenvalue weighted by Gasteiger charge is 2.03. The molecule has 0 fully saturated rings. The minimum absolute atomic E-state index is 0.199. The molecule has 0 aliphatic carbocycles. The predicted octanol–water partition coefficient (Wildman–Crippen LogP) is 3.22. The maximum atomic E-state index is 9.18. The van der Waals surface area contributed by atoms with Crippen LogP contribution in [0.15, 0.2) is 29.2 Å². The Bertz CT molecular complexity index is 311. The van der Waals surface area contributed by atoms with E-state index < -0.39 is 0 Å². The van der Waals surface area contributed by atoms with Crippen LogP contribution in [0.2, 0.25) is 0 Å². The zero-order valence-corrected chi connectivity index (χ0v) is 11.8. The number of hydrogen-bond acceptors (Lipinski definition) is 3. The monoisotopic (exact) mass is 253 g/mol. The Balaban J connectivity index is 2.44. The molecule has 3 heteroatoms. The van der Waals surface area contributed by atoms with E-state index in [1.807, 2.05) is 6.92 Å². The van der Waals surface area contributed by atoms with Crippen LogP contribution in [0, 0.1) is 0 Å². The van der Waals surface area contributed by atoms with Crippen molar-refractivity contribution >= 4 is 11.8 Å². The van der Waals surface area contributed by atoms with E-state index in [4.69, 9.17) is 0 Å². The van der Waals surface area contributed by atoms with E-state index in [9.17, 15) is 5.11 Å². The molecule has 0 aromatic heterocycles. The van der Waals surface area contributed by atoms with Crippen molar-refractivity contribution in [2.24, 2.45) is 0 Å². The van der Waals surface area contributed by atoms with Gasteiger partial charge in [-0.1, -0.05) is 19.1 Å². The maximum Gasteiger partial charge on any atom is 0.0520 e. The van der Waals surface area contributed by atoms with Crippen LogP contribution in [0.5, 0.6) is 0 Å². The Morgan fingerprint density at radius 3 is 2.41 bits per heavy atom. The van der Waals surface area contributed by atoms with Gasteiger partial charge in [0.1, 0.15) is 0 Å². The van der Waals surface area contributed by atoms with E-state index >= 15 is 0 Å². The first-order valence-electron chi connectivity index (χ1n) is 6.27. The van der Waals surface area contributed by atoms with Crippen molar-refractivity contribution in [2.45, 2.75) is 44.2 Å². The number of rotatable bonds is 7. The van der Waals surface area contributed by atoms with Gasteiger partial charge >= 0.3 is 0 Å².